The number of hydrogen-bond donors (Lipinski definition) is 2. The van der Waals surface area contributed by atoms with Crippen molar-refractivity contribution in [2.75, 3.05) is 18.2 Å². The highest BCUT2D eigenvalue weighted by atomic mass is 35.5. The Kier molecular flexibility index (Phi) is 8.13. The van der Waals surface area contributed by atoms with Crippen LogP contribution in [0.25, 0.3) is 5.69 Å². The van der Waals surface area contributed by atoms with E-state index in [1.54, 1.807) is 35.8 Å². The van der Waals surface area contributed by atoms with Gasteiger partial charge in [0.1, 0.15) is 16.6 Å². The van der Waals surface area contributed by atoms with Crippen molar-refractivity contribution in [2.45, 2.75) is 18.6 Å². The number of amides is 2. The Morgan fingerprint density at radius 1 is 1.14 bits per heavy atom. The molecule has 2 aromatic carbocycles. The number of carbonyl (C=O) groups is 2. The number of halogens is 2. The highest BCUT2D eigenvalue weighted by Crippen LogP contribution is 2.29. The molecule has 0 saturated carbocycles. The van der Waals surface area contributed by atoms with Crippen LogP contribution in [0, 0.1) is 12.7 Å². The van der Waals surface area contributed by atoms with Crippen molar-refractivity contribution in [3.05, 3.63) is 69.7 Å². The maximum atomic E-state index is 14.2. The van der Waals surface area contributed by atoms with E-state index >= 15 is 0 Å². The number of anilines is 1. The van der Waals surface area contributed by atoms with Gasteiger partial charge >= 0.3 is 0 Å². The van der Waals surface area contributed by atoms with Gasteiger partial charge in [0.2, 0.25) is 11.0 Å². The zero-order valence-electron chi connectivity index (χ0n) is 19.0. The molecule has 4 rings (SSSR count). The minimum atomic E-state index is -0.737. The predicted molar refractivity (Wildman–Crippen MR) is 134 cm³/mol. The van der Waals surface area contributed by atoms with Crippen molar-refractivity contribution in [1.29, 1.82) is 0 Å². The molecule has 186 valence electrons. The summed E-state index contributed by atoms with van der Waals surface area (Å²) in [6, 6.07) is 11.2. The molecule has 0 bridgehead atoms. The smallest absolute Gasteiger partial charge is 0.256 e. The third-order valence-electron chi connectivity index (χ3n) is 4.73. The summed E-state index contributed by atoms with van der Waals surface area (Å²) in [6.45, 7) is 1.70. The van der Waals surface area contributed by atoms with E-state index in [4.69, 9.17) is 16.3 Å². The average molecular weight is 548 g/mol. The fourth-order valence-corrected chi connectivity index (χ4v) is 4.78. The number of aromatic nitrogens is 5. The third-order valence-corrected chi connectivity index (χ3v) is 6.73. The van der Waals surface area contributed by atoms with E-state index < -0.39 is 11.7 Å². The molecule has 0 aliphatic rings. The molecule has 0 radical (unpaired) electrons. The van der Waals surface area contributed by atoms with Crippen molar-refractivity contribution in [1.82, 2.24) is 30.3 Å². The summed E-state index contributed by atoms with van der Waals surface area (Å²) >= 11 is 8.41. The molecule has 0 unspecified atom stereocenters. The van der Waals surface area contributed by atoms with Crippen molar-refractivity contribution in [3.63, 3.8) is 0 Å². The van der Waals surface area contributed by atoms with Crippen molar-refractivity contribution in [3.8, 4) is 11.4 Å². The van der Waals surface area contributed by atoms with Crippen LogP contribution >= 0.6 is 34.7 Å². The van der Waals surface area contributed by atoms with Gasteiger partial charge in [0, 0.05) is 0 Å². The fraction of sp³-hybridized carbons (Fsp3) is 0.182. The summed E-state index contributed by atoms with van der Waals surface area (Å²) in [6.07, 6.45) is 0. The Balaban J connectivity index is 1.57. The number of carbonyl (C=O) groups excluding carboxylic acids is 2. The van der Waals surface area contributed by atoms with Gasteiger partial charge in [-0.05, 0) is 31.2 Å². The summed E-state index contributed by atoms with van der Waals surface area (Å²) in [5.74, 6) is -0.855. The molecular formula is C22H19ClFN7O3S2. The largest absolute Gasteiger partial charge is 0.495 e. The first kappa shape index (κ1) is 25.5. The number of para-hydroxylation sites is 2. The normalized spacial score (nSPS) is 10.8. The molecule has 0 aliphatic carbocycles. The number of methoxy groups -OCH3 is 1. The van der Waals surface area contributed by atoms with Crippen molar-refractivity contribution >= 4 is 51.6 Å². The second-order valence-corrected chi connectivity index (χ2v) is 9.68. The molecule has 0 atom stereocenters. The highest BCUT2D eigenvalue weighted by molar-refractivity contribution is 7.99. The first-order valence-electron chi connectivity index (χ1n) is 10.4. The van der Waals surface area contributed by atoms with Crippen LogP contribution in [-0.4, -0.2) is 49.6 Å². The molecule has 2 heterocycles. The van der Waals surface area contributed by atoms with E-state index in [9.17, 15) is 14.0 Å². The molecular weight excluding hydrogens is 529 g/mol. The lowest BCUT2D eigenvalue weighted by Gasteiger charge is -2.14. The highest BCUT2D eigenvalue weighted by Gasteiger charge is 2.21. The van der Waals surface area contributed by atoms with Gasteiger partial charge in [-0.15, -0.1) is 20.4 Å². The number of ether oxygens (including phenoxy) is 1. The number of nitrogens with zero attached hydrogens (tertiary/aromatic N) is 5. The number of aryl methyl sites for hydroxylation is 1. The lowest BCUT2D eigenvalue weighted by Crippen LogP contribution is -2.26. The van der Waals surface area contributed by atoms with E-state index in [0.717, 1.165) is 22.8 Å². The maximum absolute atomic E-state index is 14.2. The Morgan fingerprint density at radius 3 is 2.67 bits per heavy atom. The molecule has 0 spiro atoms. The van der Waals surface area contributed by atoms with Crippen molar-refractivity contribution < 1.29 is 18.7 Å². The van der Waals surface area contributed by atoms with E-state index in [-0.39, 0.29) is 28.8 Å². The van der Waals surface area contributed by atoms with E-state index in [1.165, 1.54) is 30.6 Å². The summed E-state index contributed by atoms with van der Waals surface area (Å²) in [4.78, 5) is 25.1. The number of nitrogens with one attached hydrogen (secondary N) is 2. The van der Waals surface area contributed by atoms with Gasteiger partial charge in [-0.25, -0.2) is 4.39 Å². The van der Waals surface area contributed by atoms with Gasteiger partial charge in [0.15, 0.2) is 11.0 Å². The molecule has 4 aromatic rings. The fourth-order valence-electron chi connectivity index (χ4n) is 3.16. The van der Waals surface area contributed by atoms with Gasteiger partial charge < -0.3 is 10.1 Å². The van der Waals surface area contributed by atoms with Gasteiger partial charge in [0.05, 0.1) is 35.7 Å². The predicted octanol–water partition coefficient (Wildman–Crippen LogP) is 3.89. The molecule has 0 aliphatic heterocycles. The molecule has 2 aromatic heterocycles. The minimum Gasteiger partial charge on any atom is -0.495 e. The average Bonchev–Trinajstić information content (AvgIpc) is 3.46. The second-order valence-electron chi connectivity index (χ2n) is 7.15. The van der Waals surface area contributed by atoms with Gasteiger partial charge in [-0.1, -0.05) is 52.9 Å². The lowest BCUT2D eigenvalue weighted by atomic mass is 10.2. The SMILES string of the molecule is COc1ccccc1-n1c(CNC(=O)c2c(F)cccc2Cl)nnc1SCC(=O)Nc1nnc(C)s1. The van der Waals surface area contributed by atoms with Gasteiger partial charge in [0.25, 0.3) is 5.91 Å². The van der Waals surface area contributed by atoms with E-state index in [1.807, 2.05) is 0 Å². The van der Waals surface area contributed by atoms with Crippen LogP contribution in [0.4, 0.5) is 9.52 Å². The first-order valence-corrected chi connectivity index (χ1v) is 12.6. The molecule has 14 heteroatoms. The number of hydrogen-bond acceptors (Lipinski definition) is 9. The number of rotatable bonds is 9. The summed E-state index contributed by atoms with van der Waals surface area (Å²) in [7, 11) is 1.52. The summed E-state index contributed by atoms with van der Waals surface area (Å²) in [5.41, 5.74) is 0.335. The van der Waals surface area contributed by atoms with Crippen LogP contribution < -0.4 is 15.4 Å². The van der Waals surface area contributed by atoms with Crippen LogP contribution in [0.15, 0.2) is 47.6 Å². The summed E-state index contributed by atoms with van der Waals surface area (Å²) in [5, 5.41) is 23.0. The number of thioether (sulfide) groups is 1. The number of benzene rings is 2. The van der Waals surface area contributed by atoms with Gasteiger partial charge in [-0.3, -0.25) is 19.5 Å². The Morgan fingerprint density at radius 2 is 1.94 bits per heavy atom. The minimum absolute atomic E-state index is 0.00780. The second kappa shape index (κ2) is 11.5. The van der Waals surface area contributed by atoms with Crippen LogP contribution in [0.3, 0.4) is 0 Å². The molecule has 10 nitrogen and oxygen atoms in total. The van der Waals surface area contributed by atoms with E-state index in [2.05, 4.69) is 31.0 Å². The zero-order chi connectivity index (χ0) is 25.7. The maximum Gasteiger partial charge on any atom is 0.256 e. The lowest BCUT2D eigenvalue weighted by molar-refractivity contribution is -0.113. The van der Waals surface area contributed by atoms with Crippen LogP contribution in [-0.2, 0) is 11.3 Å². The van der Waals surface area contributed by atoms with Crippen LogP contribution in [0.5, 0.6) is 5.75 Å². The summed E-state index contributed by atoms with van der Waals surface area (Å²) < 4.78 is 21.3. The van der Waals surface area contributed by atoms with Crippen molar-refractivity contribution in [2.24, 2.45) is 0 Å². The topological polar surface area (TPSA) is 124 Å². The van der Waals surface area contributed by atoms with Crippen LogP contribution in [0.1, 0.15) is 21.2 Å². The Hall–Kier alpha value is -3.55. The molecule has 0 fully saturated rings. The van der Waals surface area contributed by atoms with Crippen LogP contribution in [0.2, 0.25) is 5.02 Å². The molecule has 2 amide bonds. The molecule has 0 saturated heterocycles. The first-order chi connectivity index (χ1) is 17.4. The van der Waals surface area contributed by atoms with Gasteiger partial charge in [-0.2, -0.15) is 0 Å². The third kappa shape index (κ3) is 5.80. The zero-order valence-corrected chi connectivity index (χ0v) is 21.4. The molecule has 2 N–H and O–H groups in total. The molecule has 36 heavy (non-hydrogen) atoms. The quantitative estimate of drug-likeness (QED) is 0.302. The Bertz CT molecular complexity index is 1390. The monoisotopic (exact) mass is 547 g/mol. The standard InChI is InChI=1S/C22H19ClFN7O3S2/c1-12-27-29-21(36-12)26-18(32)11-35-22-30-28-17(31(22)15-8-3-4-9-16(15)34-2)10-25-20(33)19-13(23)6-5-7-14(19)24/h3-9H,10-11H2,1-2H3,(H,25,33)(H,26,29,32). The van der Waals surface area contributed by atoms with E-state index in [0.29, 0.717) is 27.5 Å². The Labute approximate surface area is 218 Å².